The van der Waals surface area contributed by atoms with Gasteiger partial charge in [0.25, 0.3) is 5.91 Å². The first-order valence-electron chi connectivity index (χ1n) is 11.5. The topological polar surface area (TPSA) is 143 Å². The van der Waals surface area contributed by atoms with Crippen LogP contribution in [0.3, 0.4) is 0 Å². The van der Waals surface area contributed by atoms with Crippen LogP contribution in [-0.4, -0.2) is 66.9 Å². The van der Waals surface area contributed by atoms with Gasteiger partial charge in [-0.2, -0.15) is 0 Å². The van der Waals surface area contributed by atoms with Crippen LogP contribution in [-0.2, 0) is 23.9 Å². The third-order valence-corrected chi connectivity index (χ3v) is 6.79. The van der Waals surface area contributed by atoms with Crippen molar-refractivity contribution in [1.82, 2.24) is 16.0 Å². The zero-order valence-corrected chi connectivity index (χ0v) is 18.7. The number of aliphatic carboxylic acids is 1. The second-order valence-corrected chi connectivity index (χ2v) is 8.83. The molecule has 0 bridgehead atoms. The van der Waals surface area contributed by atoms with E-state index in [4.69, 9.17) is 9.47 Å². The fraction of sp³-hybridized carbons (Fsp3) is 0.360. The number of hydrogen-bond donors (Lipinski definition) is 4. The molecule has 4 N–H and O–H groups in total. The molecule has 0 spiro atoms. The van der Waals surface area contributed by atoms with Crippen molar-refractivity contribution < 1.29 is 33.8 Å². The van der Waals surface area contributed by atoms with Crippen molar-refractivity contribution in [3.8, 4) is 11.1 Å². The summed E-state index contributed by atoms with van der Waals surface area (Å²) in [7, 11) is 0. The second-order valence-electron chi connectivity index (χ2n) is 8.83. The molecule has 2 aliphatic heterocycles. The first-order valence-corrected chi connectivity index (χ1v) is 11.5. The number of carbonyl (C=O) groups is 4. The van der Waals surface area contributed by atoms with Crippen LogP contribution in [0.4, 0.5) is 4.79 Å². The number of rotatable bonds is 6. The molecule has 35 heavy (non-hydrogen) atoms. The van der Waals surface area contributed by atoms with Crippen molar-refractivity contribution in [2.24, 2.45) is 5.92 Å². The minimum Gasteiger partial charge on any atom is -0.481 e. The molecule has 2 saturated heterocycles. The van der Waals surface area contributed by atoms with Gasteiger partial charge in [0, 0.05) is 19.1 Å². The van der Waals surface area contributed by atoms with E-state index in [1.807, 2.05) is 48.5 Å². The van der Waals surface area contributed by atoms with Gasteiger partial charge >= 0.3 is 12.1 Å². The van der Waals surface area contributed by atoms with Gasteiger partial charge in [0.15, 0.2) is 6.10 Å². The minimum absolute atomic E-state index is 0.0634. The number of alkyl carbamates (subject to hydrolysis) is 1. The average molecular weight is 479 g/mol. The monoisotopic (exact) mass is 479 g/mol. The Labute approximate surface area is 201 Å². The summed E-state index contributed by atoms with van der Waals surface area (Å²) in [6, 6.07) is 14.1. The number of carboxylic acids is 1. The fourth-order valence-corrected chi connectivity index (χ4v) is 5.04. The predicted molar refractivity (Wildman–Crippen MR) is 122 cm³/mol. The Balaban J connectivity index is 1.20. The molecule has 4 unspecified atom stereocenters. The summed E-state index contributed by atoms with van der Waals surface area (Å²) in [5.74, 6) is -3.57. The largest absolute Gasteiger partial charge is 0.481 e. The molecule has 4 atom stereocenters. The Hall–Kier alpha value is -3.92. The number of fused-ring (bicyclic) bond motifs is 3. The Morgan fingerprint density at radius 3 is 2.34 bits per heavy atom. The molecule has 182 valence electrons. The summed E-state index contributed by atoms with van der Waals surface area (Å²) >= 11 is 0. The van der Waals surface area contributed by atoms with Crippen molar-refractivity contribution in [2.75, 3.05) is 19.8 Å². The lowest BCUT2D eigenvalue weighted by Gasteiger charge is -2.22. The summed E-state index contributed by atoms with van der Waals surface area (Å²) in [5.41, 5.74) is 4.42. The maximum atomic E-state index is 12.7. The van der Waals surface area contributed by atoms with E-state index >= 15 is 0 Å². The lowest BCUT2D eigenvalue weighted by atomic mass is 9.98. The Kier molecular flexibility index (Phi) is 6.12. The predicted octanol–water partition coefficient (Wildman–Crippen LogP) is 0.998. The minimum atomic E-state index is -1.20. The lowest BCUT2D eigenvalue weighted by molar-refractivity contribution is -0.144. The summed E-state index contributed by atoms with van der Waals surface area (Å²) < 4.78 is 11.0. The zero-order chi connectivity index (χ0) is 24.5. The van der Waals surface area contributed by atoms with Gasteiger partial charge in [-0.1, -0.05) is 48.5 Å². The van der Waals surface area contributed by atoms with Crippen molar-refractivity contribution in [2.45, 2.75) is 30.5 Å². The molecule has 10 nitrogen and oxygen atoms in total. The normalized spacial score (nSPS) is 24.9. The third kappa shape index (κ3) is 4.32. The number of nitrogens with one attached hydrogen (secondary N) is 3. The molecular formula is C25H25N3O7. The van der Waals surface area contributed by atoms with Crippen molar-refractivity contribution in [3.63, 3.8) is 0 Å². The van der Waals surface area contributed by atoms with Gasteiger partial charge in [-0.3, -0.25) is 14.4 Å². The molecule has 3 amide bonds. The van der Waals surface area contributed by atoms with Crippen LogP contribution in [0.2, 0.25) is 0 Å². The van der Waals surface area contributed by atoms with E-state index < -0.39 is 48.0 Å². The molecule has 5 rings (SSSR count). The van der Waals surface area contributed by atoms with Crippen LogP contribution in [0.1, 0.15) is 23.5 Å². The fourth-order valence-electron chi connectivity index (χ4n) is 5.04. The summed E-state index contributed by atoms with van der Waals surface area (Å²) in [5, 5.41) is 16.8. The van der Waals surface area contributed by atoms with Gasteiger partial charge in [0.05, 0.1) is 6.04 Å². The SMILES string of the molecule is O=C(NC1CCOC1C(=O)NC1C(=O)NCC1C(=O)O)OCC1c2ccccc2-c2ccccc21. The maximum absolute atomic E-state index is 12.7. The number of carboxylic acid groups (broad SMARTS) is 1. The molecule has 2 heterocycles. The summed E-state index contributed by atoms with van der Waals surface area (Å²) in [4.78, 5) is 48.7. The van der Waals surface area contributed by atoms with Gasteiger partial charge in [-0.05, 0) is 28.7 Å². The molecule has 1 aliphatic carbocycles. The van der Waals surface area contributed by atoms with E-state index in [0.29, 0.717) is 6.42 Å². The molecule has 2 aromatic rings. The average Bonchev–Trinajstić information content (AvgIpc) is 3.54. The smallest absolute Gasteiger partial charge is 0.407 e. The first kappa shape index (κ1) is 22.9. The molecule has 10 heteroatoms. The second kappa shape index (κ2) is 9.38. The number of amides is 3. The molecule has 0 saturated carbocycles. The number of benzene rings is 2. The molecule has 0 aromatic heterocycles. The van der Waals surface area contributed by atoms with Crippen LogP contribution in [0.5, 0.6) is 0 Å². The van der Waals surface area contributed by atoms with E-state index in [1.54, 1.807) is 0 Å². The number of carbonyl (C=O) groups excluding carboxylic acids is 3. The van der Waals surface area contributed by atoms with Gasteiger partial charge < -0.3 is 30.5 Å². The van der Waals surface area contributed by atoms with Gasteiger partial charge in [-0.25, -0.2) is 4.79 Å². The van der Waals surface area contributed by atoms with Crippen LogP contribution in [0, 0.1) is 5.92 Å². The highest BCUT2D eigenvalue weighted by atomic mass is 16.6. The van der Waals surface area contributed by atoms with Crippen molar-refractivity contribution >= 4 is 23.9 Å². The molecule has 2 aromatic carbocycles. The molecule has 3 aliphatic rings. The molecule has 0 radical (unpaired) electrons. The van der Waals surface area contributed by atoms with Crippen LogP contribution >= 0.6 is 0 Å². The maximum Gasteiger partial charge on any atom is 0.407 e. The Morgan fingerprint density at radius 2 is 1.69 bits per heavy atom. The highest BCUT2D eigenvalue weighted by molar-refractivity contribution is 5.95. The summed E-state index contributed by atoms with van der Waals surface area (Å²) in [6.45, 7) is 0.296. The van der Waals surface area contributed by atoms with E-state index in [0.717, 1.165) is 22.3 Å². The van der Waals surface area contributed by atoms with E-state index in [2.05, 4.69) is 16.0 Å². The van der Waals surface area contributed by atoms with Gasteiger partial charge in [-0.15, -0.1) is 0 Å². The van der Waals surface area contributed by atoms with E-state index in [9.17, 15) is 24.3 Å². The van der Waals surface area contributed by atoms with Crippen molar-refractivity contribution in [1.29, 1.82) is 0 Å². The third-order valence-electron chi connectivity index (χ3n) is 6.79. The van der Waals surface area contributed by atoms with Gasteiger partial charge in [0.1, 0.15) is 18.6 Å². The highest BCUT2D eigenvalue weighted by Crippen LogP contribution is 2.44. The summed E-state index contributed by atoms with van der Waals surface area (Å²) in [6.07, 6.45) is -1.36. The van der Waals surface area contributed by atoms with Crippen molar-refractivity contribution in [3.05, 3.63) is 59.7 Å². The first-order chi connectivity index (χ1) is 16.9. The van der Waals surface area contributed by atoms with Crippen LogP contribution in [0.15, 0.2) is 48.5 Å². The standard InChI is InChI=1S/C25H25N3O7/c29-22-20(17(11-26-22)24(31)32)28-23(30)21-19(9-10-34-21)27-25(33)35-12-18-15-7-3-1-5-13(15)14-6-2-4-8-16(14)18/h1-8,17-21H,9-12H2,(H,26,29)(H,27,33)(H,28,30)(H,31,32). The molecule has 2 fully saturated rings. The van der Waals surface area contributed by atoms with E-state index in [-0.39, 0.29) is 25.7 Å². The lowest BCUT2D eigenvalue weighted by Crippen LogP contribution is -2.53. The zero-order valence-electron chi connectivity index (χ0n) is 18.7. The quantitative estimate of drug-likeness (QED) is 0.484. The Bertz CT molecular complexity index is 1140. The number of ether oxygens (including phenoxy) is 2. The molecular weight excluding hydrogens is 454 g/mol. The Morgan fingerprint density at radius 1 is 1.03 bits per heavy atom. The van der Waals surface area contributed by atoms with Gasteiger partial charge in [0.2, 0.25) is 5.91 Å². The van der Waals surface area contributed by atoms with E-state index in [1.165, 1.54) is 0 Å². The van der Waals surface area contributed by atoms with Crippen LogP contribution in [0.25, 0.3) is 11.1 Å². The highest BCUT2D eigenvalue weighted by Gasteiger charge is 2.44. The number of hydrogen-bond acceptors (Lipinski definition) is 6. The van der Waals surface area contributed by atoms with Crippen LogP contribution < -0.4 is 16.0 Å².